The molecule has 0 saturated heterocycles. The third-order valence-corrected chi connectivity index (χ3v) is 4.43. The second-order valence-electron chi connectivity index (χ2n) is 4.23. The summed E-state index contributed by atoms with van der Waals surface area (Å²) in [5, 5.41) is 0. The van der Waals surface area contributed by atoms with Gasteiger partial charge in [0.05, 0.1) is 0 Å². The maximum atomic E-state index is 2.38. The Morgan fingerprint density at radius 3 is 1.27 bits per heavy atom. The molecule has 0 aromatic carbocycles. The Morgan fingerprint density at radius 2 is 1.00 bits per heavy atom. The van der Waals surface area contributed by atoms with E-state index in [0.717, 1.165) is 0 Å². The van der Waals surface area contributed by atoms with Crippen LogP contribution in [0.15, 0.2) is 43.6 Å². The molecular formula is C14H22Ir. The zero-order chi connectivity index (χ0) is 11.8. The predicted molar refractivity (Wildman–Crippen MR) is 66.4 cm³/mol. The summed E-state index contributed by atoms with van der Waals surface area (Å²) in [5.74, 6) is 0. The molecular weight excluding hydrogens is 360 g/mol. The van der Waals surface area contributed by atoms with Gasteiger partial charge in [0.1, 0.15) is 0 Å². The number of allylic oxidation sites excluding steroid dienone is 6. The molecule has 0 heterocycles. The number of hydrogen-bond donors (Lipinski definition) is 0. The van der Waals surface area contributed by atoms with E-state index in [1.165, 1.54) is 22.3 Å². The van der Waals surface area contributed by atoms with Crippen LogP contribution in [-0.4, -0.2) is 0 Å². The summed E-state index contributed by atoms with van der Waals surface area (Å²) in [6.45, 7) is 12.9. The molecule has 0 fully saturated rings. The first-order chi connectivity index (χ1) is 6.91. The standard InChI is InChI=1S/2C7H11.Ir/c2*1-6(2)5-7(3)4;/h2*1,5H,2-4H3;. The SMILES string of the molecule is CC(C)=C/C(C)=[CH]\[Ir]/[CH]=C(/C)C=C(C)C. The van der Waals surface area contributed by atoms with Crippen LogP contribution >= 0.6 is 0 Å². The monoisotopic (exact) mass is 383 g/mol. The van der Waals surface area contributed by atoms with E-state index in [9.17, 15) is 0 Å². The summed E-state index contributed by atoms with van der Waals surface area (Å²) in [4.78, 5) is 0. The molecule has 0 spiro atoms. The first-order valence-corrected chi connectivity index (χ1v) is 7.88. The Kier molecular flexibility index (Phi) is 7.64. The fourth-order valence-corrected chi connectivity index (χ4v) is 3.03. The van der Waals surface area contributed by atoms with Crippen molar-refractivity contribution in [3.8, 4) is 0 Å². The Morgan fingerprint density at radius 1 is 0.667 bits per heavy atom. The molecule has 0 rings (SSSR count). The Labute approximate surface area is 103 Å². The minimum absolute atomic E-state index is 0.0626. The van der Waals surface area contributed by atoms with E-state index < -0.39 is 0 Å². The molecule has 0 atom stereocenters. The molecule has 0 saturated carbocycles. The van der Waals surface area contributed by atoms with E-state index in [-0.39, 0.29) is 17.7 Å². The van der Waals surface area contributed by atoms with Crippen molar-refractivity contribution in [3.63, 3.8) is 0 Å². The molecule has 0 aliphatic carbocycles. The first kappa shape index (κ1) is 14.6. The van der Waals surface area contributed by atoms with E-state index in [1.807, 2.05) is 0 Å². The number of hydrogen-bond acceptors (Lipinski definition) is 0. The summed E-state index contributed by atoms with van der Waals surface area (Å²) in [5.41, 5.74) is 5.55. The van der Waals surface area contributed by atoms with Crippen molar-refractivity contribution in [1.82, 2.24) is 0 Å². The van der Waals surface area contributed by atoms with E-state index in [0.29, 0.717) is 0 Å². The van der Waals surface area contributed by atoms with Crippen molar-refractivity contribution in [3.05, 3.63) is 43.6 Å². The van der Waals surface area contributed by atoms with Crippen molar-refractivity contribution in [2.45, 2.75) is 41.5 Å². The molecule has 0 amide bonds. The molecule has 0 bridgehead atoms. The van der Waals surface area contributed by atoms with Gasteiger partial charge in [-0.15, -0.1) is 0 Å². The van der Waals surface area contributed by atoms with Gasteiger partial charge in [-0.25, -0.2) is 0 Å². The van der Waals surface area contributed by atoms with Crippen molar-refractivity contribution in [1.29, 1.82) is 0 Å². The molecule has 0 radical (unpaired) electrons. The van der Waals surface area contributed by atoms with Crippen LogP contribution in [0, 0.1) is 0 Å². The molecule has 1 heteroatoms. The summed E-state index contributed by atoms with van der Waals surface area (Å²) in [6, 6.07) is 0. The van der Waals surface area contributed by atoms with Gasteiger partial charge in [0.25, 0.3) is 0 Å². The Balaban J connectivity index is 4.29. The molecule has 0 aromatic heterocycles. The van der Waals surface area contributed by atoms with Crippen LogP contribution in [0.5, 0.6) is 0 Å². The van der Waals surface area contributed by atoms with Crippen molar-refractivity contribution in [2.24, 2.45) is 0 Å². The van der Waals surface area contributed by atoms with Crippen LogP contribution < -0.4 is 0 Å². The van der Waals surface area contributed by atoms with E-state index >= 15 is 0 Å². The van der Waals surface area contributed by atoms with Crippen molar-refractivity contribution < 1.29 is 17.7 Å². The van der Waals surface area contributed by atoms with Gasteiger partial charge in [0, 0.05) is 0 Å². The van der Waals surface area contributed by atoms with Gasteiger partial charge < -0.3 is 0 Å². The number of rotatable bonds is 4. The summed E-state index contributed by atoms with van der Waals surface area (Å²) >= 11 is -0.0626. The molecule has 0 aliphatic rings. The van der Waals surface area contributed by atoms with E-state index in [2.05, 4.69) is 62.9 Å². The van der Waals surface area contributed by atoms with Crippen LogP contribution in [0.3, 0.4) is 0 Å². The zero-order valence-corrected chi connectivity index (χ0v) is 13.0. The van der Waals surface area contributed by atoms with E-state index in [4.69, 9.17) is 0 Å². The Hall–Kier alpha value is -0.391. The second-order valence-corrected chi connectivity index (χ2v) is 6.42. The van der Waals surface area contributed by atoms with Crippen molar-refractivity contribution in [2.75, 3.05) is 0 Å². The van der Waals surface area contributed by atoms with Crippen LogP contribution in [0.25, 0.3) is 0 Å². The average Bonchev–Trinajstić information content (AvgIpc) is 2.00. The molecule has 0 nitrogen and oxygen atoms in total. The van der Waals surface area contributed by atoms with Crippen LogP contribution in [0.4, 0.5) is 0 Å². The topological polar surface area (TPSA) is 0 Å². The van der Waals surface area contributed by atoms with Gasteiger partial charge in [-0.1, -0.05) is 0 Å². The third-order valence-electron chi connectivity index (χ3n) is 1.45. The van der Waals surface area contributed by atoms with Crippen molar-refractivity contribution >= 4 is 0 Å². The molecule has 0 unspecified atom stereocenters. The zero-order valence-electron chi connectivity index (χ0n) is 10.6. The van der Waals surface area contributed by atoms with Gasteiger partial charge in [-0.2, -0.15) is 0 Å². The molecule has 87 valence electrons. The van der Waals surface area contributed by atoms with Gasteiger partial charge in [0.15, 0.2) is 0 Å². The fraction of sp³-hybridized carbons (Fsp3) is 0.429. The minimum atomic E-state index is -0.0626. The third kappa shape index (κ3) is 9.90. The molecule has 15 heavy (non-hydrogen) atoms. The second kappa shape index (κ2) is 7.84. The normalized spacial score (nSPS) is 12.7. The molecule has 0 aromatic rings. The summed E-state index contributed by atoms with van der Waals surface area (Å²) < 4.78 is 4.77. The predicted octanol–water partition coefficient (Wildman–Crippen LogP) is 4.81. The van der Waals surface area contributed by atoms with Crippen LogP contribution in [0.2, 0.25) is 0 Å². The van der Waals surface area contributed by atoms with E-state index in [1.54, 1.807) is 0 Å². The first-order valence-electron chi connectivity index (χ1n) is 5.12. The fourth-order valence-electron chi connectivity index (χ4n) is 1.17. The van der Waals surface area contributed by atoms with Gasteiger partial charge in [-0.05, 0) is 0 Å². The quantitative estimate of drug-likeness (QED) is 0.612. The molecule has 0 N–H and O–H groups in total. The van der Waals surface area contributed by atoms with Gasteiger partial charge in [0.2, 0.25) is 0 Å². The summed E-state index contributed by atoms with van der Waals surface area (Å²) in [7, 11) is 0. The van der Waals surface area contributed by atoms with Gasteiger partial charge >= 0.3 is 103 Å². The van der Waals surface area contributed by atoms with Gasteiger partial charge in [-0.3, -0.25) is 0 Å². The summed E-state index contributed by atoms with van der Waals surface area (Å²) in [6.07, 6.45) is 4.49. The maximum absolute atomic E-state index is 2.38. The van der Waals surface area contributed by atoms with Crippen LogP contribution in [-0.2, 0) is 17.7 Å². The average molecular weight is 383 g/mol. The molecule has 0 aliphatic heterocycles. The Bertz CT molecular complexity index is 274. The van der Waals surface area contributed by atoms with Crippen LogP contribution in [0.1, 0.15) is 41.5 Å².